The van der Waals surface area contributed by atoms with Crippen LogP contribution in [0.25, 0.3) is 0 Å². The fourth-order valence-corrected chi connectivity index (χ4v) is 2.79. The van der Waals surface area contributed by atoms with Gasteiger partial charge in [0.25, 0.3) is 0 Å². The van der Waals surface area contributed by atoms with E-state index in [0.29, 0.717) is 6.54 Å². The molecule has 0 saturated carbocycles. The molecule has 0 saturated heterocycles. The average Bonchev–Trinajstić information content (AvgIpc) is 2.71. The van der Waals surface area contributed by atoms with Crippen molar-refractivity contribution in [3.8, 4) is 0 Å². The molecule has 0 aromatic heterocycles. The SMILES string of the molecule is CCCC(C)(O)CNC1CCc2c(F)cccc21. The molecule has 0 bridgehead atoms. The maximum Gasteiger partial charge on any atom is 0.126 e. The molecule has 3 heteroatoms. The van der Waals surface area contributed by atoms with Gasteiger partial charge in [-0.15, -0.1) is 0 Å². The van der Waals surface area contributed by atoms with Gasteiger partial charge in [0.15, 0.2) is 0 Å². The Hall–Kier alpha value is -0.930. The number of aliphatic hydroxyl groups is 1. The molecule has 2 rings (SSSR count). The topological polar surface area (TPSA) is 32.3 Å². The van der Waals surface area contributed by atoms with Crippen molar-refractivity contribution in [3.63, 3.8) is 0 Å². The first-order chi connectivity index (χ1) is 8.53. The molecule has 2 atom stereocenters. The predicted octanol–water partition coefficient (Wildman–Crippen LogP) is 2.95. The molecule has 2 N–H and O–H groups in total. The lowest BCUT2D eigenvalue weighted by molar-refractivity contribution is 0.0471. The van der Waals surface area contributed by atoms with Gasteiger partial charge < -0.3 is 10.4 Å². The van der Waals surface area contributed by atoms with Gasteiger partial charge in [-0.05, 0) is 43.4 Å². The Labute approximate surface area is 108 Å². The second-order valence-corrected chi connectivity index (χ2v) is 5.53. The molecule has 2 unspecified atom stereocenters. The van der Waals surface area contributed by atoms with Crippen LogP contribution in [0.3, 0.4) is 0 Å². The van der Waals surface area contributed by atoms with Gasteiger partial charge in [0.1, 0.15) is 5.82 Å². The highest BCUT2D eigenvalue weighted by molar-refractivity contribution is 5.35. The summed E-state index contributed by atoms with van der Waals surface area (Å²) in [5.74, 6) is -0.0999. The minimum Gasteiger partial charge on any atom is -0.389 e. The fourth-order valence-electron chi connectivity index (χ4n) is 2.79. The highest BCUT2D eigenvalue weighted by atomic mass is 19.1. The zero-order valence-corrected chi connectivity index (χ0v) is 11.2. The van der Waals surface area contributed by atoms with Crippen molar-refractivity contribution in [2.45, 2.75) is 51.2 Å². The number of nitrogens with one attached hydrogen (secondary N) is 1. The van der Waals surface area contributed by atoms with E-state index in [1.54, 1.807) is 6.07 Å². The highest BCUT2D eigenvalue weighted by Gasteiger charge is 2.27. The Morgan fingerprint density at radius 2 is 2.28 bits per heavy atom. The van der Waals surface area contributed by atoms with E-state index in [-0.39, 0.29) is 11.9 Å². The molecule has 2 nitrogen and oxygen atoms in total. The lowest BCUT2D eigenvalue weighted by Gasteiger charge is -2.25. The summed E-state index contributed by atoms with van der Waals surface area (Å²) in [5, 5.41) is 13.5. The van der Waals surface area contributed by atoms with E-state index in [4.69, 9.17) is 0 Å². The van der Waals surface area contributed by atoms with E-state index in [1.165, 1.54) is 6.07 Å². The van der Waals surface area contributed by atoms with E-state index in [1.807, 2.05) is 13.0 Å². The number of fused-ring (bicyclic) bond motifs is 1. The summed E-state index contributed by atoms with van der Waals surface area (Å²) in [4.78, 5) is 0. The summed E-state index contributed by atoms with van der Waals surface area (Å²) in [6.07, 6.45) is 3.45. The van der Waals surface area contributed by atoms with Gasteiger partial charge in [0, 0.05) is 12.6 Å². The third-order valence-electron chi connectivity index (χ3n) is 3.73. The van der Waals surface area contributed by atoms with Gasteiger partial charge in [-0.25, -0.2) is 4.39 Å². The minimum absolute atomic E-state index is 0.0999. The zero-order valence-electron chi connectivity index (χ0n) is 11.2. The summed E-state index contributed by atoms with van der Waals surface area (Å²) in [6.45, 7) is 4.47. The van der Waals surface area contributed by atoms with Gasteiger partial charge in [-0.3, -0.25) is 0 Å². The Bertz CT molecular complexity index is 417. The summed E-state index contributed by atoms with van der Waals surface area (Å²) in [6, 6.07) is 5.45. The molecule has 0 aliphatic heterocycles. The second-order valence-electron chi connectivity index (χ2n) is 5.53. The number of rotatable bonds is 5. The molecule has 0 heterocycles. The molecule has 18 heavy (non-hydrogen) atoms. The largest absolute Gasteiger partial charge is 0.389 e. The Morgan fingerprint density at radius 1 is 1.50 bits per heavy atom. The van der Waals surface area contributed by atoms with E-state index >= 15 is 0 Å². The smallest absolute Gasteiger partial charge is 0.126 e. The standard InChI is InChI=1S/C15H22FNO/c1-3-9-15(2,18)10-17-14-8-7-11-12(14)5-4-6-13(11)16/h4-6,14,17-18H,3,7-10H2,1-2H3. The highest BCUT2D eigenvalue weighted by Crippen LogP contribution is 2.32. The van der Waals surface area contributed by atoms with Crippen LogP contribution in [0.1, 0.15) is 50.3 Å². The van der Waals surface area contributed by atoms with Crippen LogP contribution in [0, 0.1) is 5.82 Å². The maximum absolute atomic E-state index is 13.6. The first-order valence-corrected chi connectivity index (χ1v) is 6.76. The summed E-state index contributed by atoms with van der Waals surface area (Å²) < 4.78 is 13.6. The molecular weight excluding hydrogens is 229 g/mol. The molecule has 1 aromatic carbocycles. The quantitative estimate of drug-likeness (QED) is 0.843. The van der Waals surface area contributed by atoms with Crippen molar-refractivity contribution in [3.05, 3.63) is 35.1 Å². The fraction of sp³-hybridized carbons (Fsp3) is 0.600. The van der Waals surface area contributed by atoms with Crippen LogP contribution >= 0.6 is 0 Å². The lowest BCUT2D eigenvalue weighted by atomic mass is 9.99. The van der Waals surface area contributed by atoms with Crippen molar-refractivity contribution in [1.82, 2.24) is 5.32 Å². The Morgan fingerprint density at radius 3 is 3.00 bits per heavy atom. The Balaban J connectivity index is 2.00. The number of benzene rings is 1. The monoisotopic (exact) mass is 251 g/mol. The predicted molar refractivity (Wildman–Crippen MR) is 71.0 cm³/mol. The molecule has 1 aliphatic rings. The molecule has 0 fully saturated rings. The van der Waals surface area contributed by atoms with Crippen LogP contribution < -0.4 is 5.32 Å². The summed E-state index contributed by atoms with van der Waals surface area (Å²) in [5.41, 5.74) is 1.22. The average molecular weight is 251 g/mol. The van der Waals surface area contributed by atoms with Gasteiger partial charge >= 0.3 is 0 Å². The van der Waals surface area contributed by atoms with Gasteiger partial charge in [-0.1, -0.05) is 25.5 Å². The van der Waals surface area contributed by atoms with Crippen molar-refractivity contribution in [1.29, 1.82) is 0 Å². The van der Waals surface area contributed by atoms with E-state index in [2.05, 4.69) is 12.2 Å². The van der Waals surface area contributed by atoms with E-state index < -0.39 is 5.60 Å². The van der Waals surface area contributed by atoms with Gasteiger partial charge in [0.2, 0.25) is 0 Å². The van der Waals surface area contributed by atoms with Crippen LogP contribution in [0.2, 0.25) is 0 Å². The van der Waals surface area contributed by atoms with Crippen molar-refractivity contribution < 1.29 is 9.50 Å². The van der Waals surface area contributed by atoms with Crippen LogP contribution in [0.15, 0.2) is 18.2 Å². The minimum atomic E-state index is -0.676. The first kappa shape index (κ1) is 13.5. The zero-order chi connectivity index (χ0) is 13.2. The van der Waals surface area contributed by atoms with E-state index in [9.17, 15) is 9.50 Å². The van der Waals surface area contributed by atoms with Crippen molar-refractivity contribution in [2.24, 2.45) is 0 Å². The second kappa shape index (κ2) is 5.37. The van der Waals surface area contributed by atoms with Crippen molar-refractivity contribution >= 4 is 0 Å². The van der Waals surface area contributed by atoms with Crippen LogP contribution in [0.5, 0.6) is 0 Å². The third-order valence-corrected chi connectivity index (χ3v) is 3.73. The third kappa shape index (κ3) is 2.90. The van der Waals surface area contributed by atoms with Crippen molar-refractivity contribution in [2.75, 3.05) is 6.54 Å². The molecule has 0 spiro atoms. The van der Waals surface area contributed by atoms with Crippen LogP contribution in [-0.2, 0) is 6.42 Å². The molecule has 1 aromatic rings. The number of hydrogen-bond donors (Lipinski definition) is 2. The Kier molecular flexibility index (Phi) is 4.03. The maximum atomic E-state index is 13.6. The molecule has 0 radical (unpaired) electrons. The van der Waals surface area contributed by atoms with Crippen LogP contribution in [-0.4, -0.2) is 17.3 Å². The molecule has 1 aliphatic carbocycles. The number of halogens is 1. The molecule has 100 valence electrons. The van der Waals surface area contributed by atoms with Gasteiger partial charge in [-0.2, -0.15) is 0 Å². The summed E-state index contributed by atoms with van der Waals surface area (Å²) in [7, 11) is 0. The molecular formula is C15H22FNO. The van der Waals surface area contributed by atoms with Gasteiger partial charge in [0.05, 0.1) is 5.60 Å². The first-order valence-electron chi connectivity index (χ1n) is 6.76. The molecule has 0 amide bonds. The summed E-state index contributed by atoms with van der Waals surface area (Å²) >= 11 is 0. The van der Waals surface area contributed by atoms with E-state index in [0.717, 1.165) is 36.8 Å². The normalized spacial score (nSPS) is 21.7. The van der Waals surface area contributed by atoms with Crippen LogP contribution in [0.4, 0.5) is 4.39 Å². The number of hydrogen-bond acceptors (Lipinski definition) is 2. The lowest BCUT2D eigenvalue weighted by Crippen LogP contribution is -2.38.